The molecule has 2 N–H and O–H groups in total. The molecule has 1 aromatic rings. The number of carbonyl (C=O) groups excluding carboxylic acids is 1. The average Bonchev–Trinajstić information content (AvgIpc) is 2.49. The molecular formula is C17H26N2O2. The Kier molecular flexibility index (Phi) is 6.05. The second-order valence-electron chi connectivity index (χ2n) is 5.86. The Morgan fingerprint density at radius 3 is 3.00 bits per heavy atom. The molecule has 1 aromatic carbocycles. The summed E-state index contributed by atoms with van der Waals surface area (Å²) in [7, 11) is 0. The molecule has 0 aliphatic carbocycles. The lowest BCUT2D eigenvalue weighted by atomic mass is 9.93. The third kappa shape index (κ3) is 5.05. The fourth-order valence-corrected chi connectivity index (χ4v) is 2.53. The minimum Gasteiger partial charge on any atom is -0.384 e. The number of amides is 1. The van der Waals surface area contributed by atoms with E-state index in [4.69, 9.17) is 4.74 Å². The highest BCUT2D eigenvalue weighted by atomic mass is 16.5. The van der Waals surface area contributed by atoms with Crippen molar-refractivity contribution in [2.24, 2.45) is 5.92 Å². The number of hydrogen-bond donors (Lipinski definition) is 2. The summed E-state index contributed by atoms with van der Waals surface area (Å²) in [6.45, 7) is 6.30. The van der Waals surface area contributed by atoms with Crippen molar-refractivity contribution in [1.29, 1.82) is 0 Å². The zero-order valence-electron chi connectivity index (χ0n) is 13.0. The SMILES string of the molecule is CC(C)OCCCCNC(=O)C1CNc2ccccc2C1. The van der Waals surface area contributed by atoms with Crippen LogP contribution in [0.25, 0.3) is 0 Å². The predicted molar refractivity (Wildman–Crippen MR) is 85.5 cm³/mol. The van der Waals surface area contributed by atoms with Crippen LogP contribution >= 0.6 is 0 Å². The van der Waals surface area contributed by atoms with Crippen LogP contribution < -0.4 is 10.6 Å². The number of para-hydroxylation sites is 1. The number of carbonyl (C=O) groups is 1. The van der Waals surface area contributed by atoms with Gasteiger partial charge in [-0.25, -0.2) is 0 Å². The van der Waals surface area contributed by atoms with Crippen molar-refractivity contribution >= 4 is 11.6 Å². The lowest BCUT2D eigenvalue weighted by Gasteiger charge is -2.25. The van der Waals surface area contributed by atoms with Gasteiger partial charge in [0.25, 0.3) is 0 Å². The van der Waals surface area contributed by atoms with E-state index in [0.29, 0.717) is 0 Å². The molecule has 1 unspecified atom stereocenters. The van der Waals surface area contributed by atoms with Gasteiger partial charge in [-0.3, -0.25) is 4.79 Å². The van der Waals surface area contributed by atoms with Gasteiger partial charge in [0.15, 0.2) is 0 Å². The van der Waals surface area contributed by atoms with E-state index >= 15 is 0 Å². The van der Waals surface area contributed by atoms with Crippen LogP contribution in [-0.2, 0) is 16.0 Å². The first-order valence-electron chi connectivity index (χ1n) is 7.88. The normalized spacial score (nSPS) is 17.2. The predicted octanol–water partition coefficient (Wildman–Crippen LogP) is 2.59. The number of hydrogen-bond acceptors (Lipinski definition) is 3. The van der Waals surface area contributed by atoms with E-state index in [1.807, 2.05) is 26.0 Å². The van der Waals surface area contributed by atoms with Crippen molar-refractivity contribution < 1.29 is 9.53 Å². The molecule has 1 amide bonds. The molecule has 1 aliphatic heterocycles. The lowest BCUT2D eigenvalue weighted by Crippen LogP contribution is -2.38. The molecule has 0 saturated heterocycles. The first kappa shape index (κ1) is 15.8. The van der Waals surface area contributed by atoms with E-state index in [1.54, 1.807) is 0 Å². The third-order valence-electron chi connectivity index (χ3n) is 3.71. The van der Waals surface area contributed by atoms with Gasteiger partial charge >= 0.3 is 0 Å². The Morgan fingerprint density at radius 1 is 1.38 bits per heavy atom. The lowest BCUT2D eigenvalue weighted by molar-refractivity contribution is -0.124. The maximum absolute atomic E-state index is 12.2. The average molecular weight is 290 g/mol. The van der Waals surface area contributed by atoms with Crippen molar-refractivity contribution in [3.8, 4) is 0 Å². The van der Waals surface area contributed by atoms with Gasteiger partial charge in [0.05, 0.1) is 12.0 Å². The molecule has 21 heavy (non-hydrogen) atoms. The molecule has 0 spiro atoms. The monoisotopic (exact) mass is 290 g/mol. The highest BCUT2D eigenvalue weighted by molar-refractivity contribution is 5.80. The van der Waals surface area contributed by atoms with Crippen molar-refractivity contribution in [1.82, 2.24) is 5.32 Å². The van der Waals surface area contributed by atoms with E-state index in [2.05, 4.69) is 22.8 Å². The topological polar surface area (TPSA) is 50.4 Å². The van der Waals surface area contributed by atoms with Crippen LogP contribution in [-0.4, -0.2) is 31.7 Å². The summed E-state index contributed by atoms with van der Waals surface area (Å²) in [5, 5.41) is 6.37. The first-order chi connectivity index (χ1) is 10.2. The van der Waals surface area contributed by atoms with Gasteiger partial charge < -0.3 is 15.4 Å². The van der Waals surface area contributed by atoms with Gasteiger partial charge in [0, 0.05) is 25.4 Å². The van der Waals surface area contributed by atoms with Crippen LogP contribution in [0, 0.1) is 5.92 Å². The summed E-state index contributed by atoms with van der Waals surface area (Å²) in [4.78, 5) is 12.2. The van der Waals surface area contributed by atoms with Crippen LogP contribution in [0.3, 0.4) is 0 Å². The second kappa shape index (κ2) is 8.03. The highest BCUT2D eigenvalue weighted by Gasteiger charge is 2.23. The summed E-state index contributed by atoms with van der Waals surface area (Å²) in [5.74, 6) is 0.189. The number of rotatable bonds is 7. The van der Waals surface area contributed by atoms with Gasteiger partial charge in [-0.15, -0.1) is 0 Å². The van der Waals surface area contributed by atoms with Crippen molar-refractivity contribution in [2.75, 3.05) is 25.0 Å². The molecule has 4 nitrogen and oxygen atoms in total. The summed E-state index contributed by atoms with van der Waals surface area (Å²) >= 11 is 0. The number of fused-ring (bicyclic) bond motifs is 1. The largest absolute Gasteiger partial charge is 0.384 e. The fourth-order valence-electron chi connectivity index (χ4n) is 2.53. The molecule has 116 valence electrons. The molecule has 4 heteroatoms. The van der Waals surface area contributed by atoms with Crippen LogP contribution in [0.4, 0.5) is 5.69 Å². The van der Waals surface area contributed by atoms with Crippen molar-refractivity contribution in [2.45, 2.75) is 39.2 Å². The molecular weight excluding hydrogens is 264 g/mol. The molecule has 0 saturated carbocycles. The molecule has 0 fully saturated rings. The number of ether oxygens (including phenoxy) is 1. The Bertz CT molecular complexity index is 460. The van der Waals surface area contributed by atoms with Gasteiger partial charge in [0.1, 0.15) is 0 Å². The van der Waals surface area contributed by atoms with E-state index < -0.39 is 0 Å². The zero-order chi connectivity index (χ0) is 15.1. The number of benzene rings is 1. The third-order valence-corrected chi connectivity index (χ3v) is 3.71. The standard InChI is InChI=1S/C17H26N2O2/c1-13(2)21-10-6-5-9-18-17(20)15-11-14-7-3-4-8-16(14)19-12-15/h3-4,7-8,13,15,19H,5-6,9-12H2,1-2H3,(H,18,20). The molecule has 1 heterocycles. The smallest absolute Gasteiger partial charge is 0.225 e. The van der Waals surface area contributed by atoms with Gasteiger partial charge in [0.2, 0.25) is 5.91 Å². The van der Waals surface area contributed by atoms with Crippen molar-refractivity contribution in [3.05, 3.63) is 29.8 Å². The maximum Gasteiger partial charge on any atom is 0.225 e. The number of nitrogens with one attached hydrogen (secondary N) is 2. The molecule has 0 bridgehead atoms. The summed E-state index contributed by atoms with van der Waals surface area (Å²) in [5.41, 5.74) is 2.39. The zero-order valence-corrected chi connectivity index (χ0v) is 13.0. The van der Waals surface area contributed by atoms with Gasteiger partial charge in [-0.05, 0) is 44.7 Å². The molecule has 0 radical (unpaired) electrons. The molecule has 0 aromatic heterocycles. The molecule has 1 atom stereocenters. The maximum atomic E-state index is 12.2. The van der Waals surface area contributed by atoms with E-state index in [-0.39, 0.29) is 17.9 Å². The van der Waals surface area contributed by atoms with Crippen LogP contribution in [0.5, 0.6) is 0 Å². The first-order valence-corrected chi connectivity index (χ1v) is 7.88. The summed E-state index contributed by atoms with van der Waals surface area (Å²) in [6.07, 6.45) is 3.07. The highest BCUT2D eigenvalue weighted by Crippen LogP contribution is 2.24. The Balaban J connectivity index is 1.66. The minimum absolute atomic E-state index is 0.0341. The van der Waals surface area contributed by atoms with Gasteiger partial charge in [-0.1, -0.05) is 18.2 Å². The Morgan fingerprint density at radius 2 is 2.19 bits per heavy atom. The Hall–Kier alpha value is -1.55. The van der Waals surface area contributed by atoms with Crippen LogP contribution in [0.2, 0.25) is 0 Å². The molecule has 1 aliphatic rings. The van der Waals surface area contributed by atoms with E-state index in [0.717, 1.165) is 44.6 Å². The Labute approximate surface area is 127 Å². The summed E-state index contributed by atoms with van der Waals surface area (Å²) in [6, 6.07) is 8.20. The van der Waals surface area contributed by atoms with E-state index in [1.165, 1.54) is 5.56 Å². The van der Waals surface area contributed by atoms with Crippen molar-refractivity contribution in [3.63, 3.8) is 0 Å². The van der Waals surface area contributed by atoms with Gasteiger partial charge in [-0.2, -0.15) is 0 Å². The minimum atomic E-state index is 0.0341. The van der Waals surface area contributed by atoms with Crippen LogP contribution in [0.15, 0.2) is 24.3 Å². The van der Waals surface area contributed by atoms with E-state index in [9.17, 15) is 4.79 Å². The van der Waals surface area contributed by atoms with Crippen LogP contribution in [0.1, 0.15) is 32.3 Å². The molecule has 2 rings (SSSR count). The second-order valence-corrected chi connectivity index (χ2v) is 5.86. The fraction of sp³-hybridized carbons (Fsp3) is 0.588. The quantitative estimate of drug-likeness (QED) is 0.759. The number of unbranched alkanes of at least 4 members (excludes halogenated alkanes) is 1. The number of anilines is 1. The summed E-state index contributed by atoms with van der Waals surface area (Å²) < 4.78 is 5.48.